The Kier molecular flexibility index (Phi) is 5.25. The molecule has 100 valence electrons. The molecule has 0 aromatic heterocycles. The van der Waals surface area contributed by atoms with Gasteiger partial charge in [0.15, 0.2) is 0 Å². The van der Waals surface area contributed by atoms with Gasteiger partial charge in [0, 0.05) is 6.54 Å². The monoisotopic (exact) mass is 245 g/mol. The molecular weight excluding hydrogens is 218 g/mol. The van der Waals surface area contributed by atoms with Crippen LogP contribution in [0.3, 0.4) is 0 Å². The van der Waals surface area contributed by atoms with E-state index in [1.165, 1.54) is 37.7 Å². The highest BCUT2D eigenvalue weighted by Gasteiger charge is 2.25. The quantitative estimate of drug-likeness (QED) is 0.817. The first kappa shape index (κ1) is 13.6. The number of rotatable bonds is 5. The Morgan fingerprint density at radius 3 is 2.56 bits per heavy atom. The largest absolute Gasteiger partial charge is 0.316 e. The molecule has 1 aromatic carbocycles. The van der Waals surface area contributed by atoms with Crippen molar-refractivity contribution < 1.29 is 0 Å². The molecule has 1 atom stereocenters. The maximum Gasteiger partial charge on any atom is 0.00228 e. The fraction of sp³-hybridized carbons (Fsp3) is 0.647. The average molecular weight is 245 g/mol. The maximum absolute atomic E-state index is 3.57. The number of likely N-dealkylation sites (N-methyl/N-ethyl adjacent to an activating group) is 1. The number of hydrogen-bond donors (Lipinski definition) is 1. The second-order valence-corrected chi connectivity index (χ2v) is 5.67. The molecule has 1 heteroatoms. The Morgan fingerprint density at radius 1 is 1.17 bits per heavy atom. The molecule has 0 spiro atoms. The van der Waals surface area contributed by atoms with Crippen LogP contribution in [-0.4, -0.2) is 13.1 Å². The molecule has 1 unspecified atom stereocenters. The molecule has 0 amide bonds. The standard InChI is InChI=1S/C17H27N/c1-3-18-13-17(15-10-5-4-6-11-15)16-12-8-7-9-14(16)2/h7-9,12,15,17-18H,3-6,10-11,13H2,1-2H3. The third-order valence-corrected chi connectivity index (χ3v) is 4.42. The van der Waals surface area contributed by atoms with Crippen molar-refractivity contribution in [3.63, 3.8) is 0 Å². The number of hydrogen-bond acceptors (Lipinski definition) is 1. The molecule has 1 aromatic rings. The van der Waals surface area contributed by atoms with Crippen LogP contribution < -0.4 is 5.32 Å². The minimum atomic E-state index is 0.714. The van der Waals surface area contributed by atoms with Gasteiger partial charge in [-0.2, -0.15) is 0 Å². The molecule has 1 aliphatic rings. The molecule has 0 bridgehead atoms. The third-order valence-electron chi connectivity index (χ3n) is 4.42. The van der Waals surface area contributed by atoms with Crippen LogP contribution in [0.25, 0.3) is 0 Å². The normalized spacial score (nSPS) is 18.8. The van der Waals surface area contributed by atoms with Gasteiger partial charge in [-0.25, -0.2) is 0 Å². The van der Waals surface area contributed by atoms with E-state index in [2.05, 4.69) is 43.4 Å². The predicted octanol–water partition coefficient (Wildman–Crippen LogP) is 4.27. The summed E-state index contributed by atoms with van der Waals surface area (Å²) in [4.78, 5) is 0. The van der Waals surface area contributed by atoms with E-state index < -0.39 is 0 Å². The summed E-state index contributed by atoms with van der Waals surface area (Å²) in [5.74, 6) is 1.60. The highest BCUT2D eigenvalue weighted by molar-refractivity contribution is 5.30. The van der Waals surface area contributed by atoms with Crippen LogP contribution in [0.15, 0.2) is 24.3 Å². The number of benzene rings is 1. The third kappa shape index (κ3) is 3.35. The summed E-state index contributed by atoms with van der Waals surface area (Å²) < 4.78 is 0. The lowest BCUT2D eigenvalue weighted by atomic mass is 9.75. The molecule has 0 aliphatic heterocycles. The van der Waals surface area contributed by atoms with Gasteiger partial charge < -0.3 is 5.32 Å². The minimum absolute atomic E-state index is 0.714. The lowest BCUT2D eigenvalue weighted by molar-refractivity contribution is 0.297. The molecule has 18 heavy (non-hydrogen) atoms. The molecule has 1 N–H and O–H groups in total. The van der Waals surface area contributed by atoms with E-state index in [9.17, 15) is 0 Å². The Morgan fingerprint density at radius 2 is 1.89 bits per heavy atom. The van der Waals surface area contributed by atoms with Crippen molar-refractivity contribution in [2.75, 3.05) is 13.1 Å². The molecule has 1 aliphatic carbocycles. The van der Waals surface area contributed by atoms with Gasteiger partial charge in [0.25, 0.3) is 0 Å². The maximum atomic E-state index is 3.57. The SMILES string of the molecule is CCNCC(c1ccccc1C)C1CCCCC1. The first-order valence-corrected chi connectivity index (χ1v) is 7.59. The zero-order chi connectivity index (χ0) is 12.8. The molecule has 0 radical (unpaired) electrons. The van der Waals surface area contributed by atoms with Crippen molar-refractivity contribution in [1.29, 1.82) is 0 Å². The Hall–Kier alpha value is -0.820. The lowest BCUT2D eigenvalue weighted by Gasteiger charge is -2.31. The van der Waals surface area contributed by atoms with Gasteiger partial charge in [-0.3, -0.25) is 0 Å². The van der Waals surface area contributed by atoms with Crippen LogP contribution in [0, 0.1) is 12.8 Å². The summed E-state index contributed by atoms with van der Waals surface area (Å²) in [6.07, 6.45) is 7.14. The Balaban J connectivity index is 2.15. The van der Waals surface area contributed by atoms with Gasteiger partial charge in [0.05, 0.1) is 0 Å². The summed E-state index contributed by atoms with van der Waals surface area (Å²) in [6.45, 7) is 6.69. The highest BCUT2D eigenvalue weighted by Crippen LogP contribution is 2.36. The van der Waals surface area contributed by atoms with Crippen LogP contribution in [-0.2, 0) is 0 Å². The lowest BCUT2D eigenvalue weighted by Crippen LogP contribution is -2.28. The van der Waals surface area contributed by atoms with E-state index in [1.807, 2.05) is 0 Å². The Bertz CT molecular complexity index is 352. The fourth-order valence-corrected chi connectivity index (χ4v) is 3.37. The summed E-state index contributed by atoms with van der Waals surface area (Å²) >= 11 is 0. The Labute approximate surface area is 112 Å². The smallest absolute Gasteiger partial charge is 0.00228 e. The van der Waals surface area contributed by atoms with Crippen LogP contribution in [0.5, 0.6) is 0 Å². The number of nitrogens with one attached hydrogen (secondary N) is 1. The van der Waals surface area contributed by atoms with E-state index in [0.29, 0.717) is 5.92 Å². The second kappa shape index (κ2) is 6.94. The first-order chi connectivity index (χ1) is 8.83. The molecule has 2 rings (SSSR count). The van der Waals surface area contributed by atoms with Crippen molar-refractivity contribution in [1.82, 2.24) is 5.32 Å². The first-order valence-electron chi connectivity index (χ1n) is 7.59. The van der Waals surface area contributed by atoms with Gasteiger partial charge in [0.1, 0.15) is 0 Å². The average Bonchev–Trinajstić information content (AvgIpc) is 2.42. The van der Waals surface area contributed by atoms with Crippen LogP contribution >= 0.6 is 0 Å². The molecule has 0 saturated heterocycles. The van der Waals surface area contributed by atoms with Gasteiger partial charge in [-0.15, -0.1) is 0 Å². The van der Waals surface area contributed by atoms with Gasteiger partial charge in [-0.05, 0) is 49.3 Å². The minimum Gasteiger partial charge on any atom is -0.316 e. The van der Waals surface area contributed by atoms with Gasteiger partial charge in [-0.1, -0.05) is 50.5 Å². The van der Waals surface area contributed by atoms with Crippen molar-refractivity contribution in [2.45, 2.75) is 51.9 Å². The topological polar surface area (TPSA) is 12.0 Å². The van der Waals surface area contributed by atoms with Crippen LogP contribution in [0.4, 0.5) is 0 Å². The summed E-state index contributed by atoms with van der Waals surface area (Å²) in [5.41, 5.74) is 3.04. The van der Waals surface area contributed by atoms with Crippen molar-refractivity contribution in [3.05, 3.63) is 35.4 Å². The van der Waals surface area contributed by atoms with Gasteiger partial charge in [0.2, 0.25) is 0 Å². The predicted molar refractivity (Wildman–Crippen MR) is 79.0 cm³/mol. The van der Waals surface area contributed by atoms with Crippen molar-refractivity contribution in [2.24, 2.45) is 5.92 Å². The summed E-state index contributed by atoms with van der Waals surface area (Å²) in [5, 5.41) is 3.57. The molecule has 1 nitrogen and oxygen atoms in total. The zero-order valence-corrected chi connectivity index (χ0v) is 11.9. The molecule has 1 fully saturated rings. The van der Waals surface area contributed by atoms with E-state index in [1.54, 1.807) is 5.56 Å². The van der Waals surface area contributed by atoms with Gasteiger partial charge >= 0.3 is 0 Å². The van der Waals surface area contributed by atoms with Crippen molar-refractivity contribution >= 4 is 0 Å². The number of aryl methyl sites for hydroxylation is 1. The van der Waals surface area contributed by atoms with E-state index >= 15 is 0 Å². The molecular formula is C17H27N. The summed E-state index contributed by atoms with van der Waals surface area (Å²) in [7, 11) is 0. The fourth-order valence-electron chi connectivity index (χ4n) is 3.37. The van der Waals surface area contributed by atoms with Crippen LogP contribution in [0.2, 0.25) is 0 Å². The molecule has 1 saturated carbocycles. The summed E-state index contributed by atoms with van der Waals surface area (Å²) in [6, 6.07) is 8.96. The van der Waals surface area contributed by atoms with E-state index in [-0.39, 0.29) is 0 Å². The van der Waals surface area contributed by atoms with E-state index in [0.717, 1.165) is 19.0 Å². The van der Waals surface area contributed by atoms with E-state index in [4.69, 9.17) is 0 Å². The highest BCUT2D eigenvalue weighted by atomic mass is 14.8. The zero-order valence-electron chi connectivity index (χ0n) is 11.9. The second-order valence-electron chi connectivity index (χ2n) is 5.67. The molecule has 0 heterocycles. The van der Waals surface area contributed by atoms with Crippen molar-refractivity contribution in [3.8, 4) is 0 Å². The van der Waals surface area contributed by atoms with Crippen LogP contribution in [0.1, 0.15) is 56.1 Å².